The molecule has 0 bridgehead atoms. The zero-order valence-electron chi connectivity index (χ0n) is 19.1. The second-order valence-corrected chi connectivity index (χ2v) is 9.06. The summed E-state index contributed by atoms with van der Waals surface area (Å²) in [6, 6.07) is 9.84. The second-order valence-electron chi connectivity index (χ2n) is 8.62. The maximum Gasteiger partial charge on any atom is 0.340 e. The van der Waals surface area contributed by atoms with Crippen LogP contribution in [0.2, 0.25) is 5.02 Å². The van der Waals surface area contributed by atoms with Crippen LogP contribution in [0.3, 0.4) is 0 Å². The quantitative estimate of drug-likeness (QED) is 0.438. The van der Waals surface area contributed by atoms with Gasteiger partial charge >= 0.3 is 5.97 Å². The average Bonchev–Trinajstić information content (AvgIpc) is 3.19. The summed E-state index contributed by atoms with van der Waals surface area (Å²) in [7, 11) is 1.36. The predicted molar refractivity (Wildman–Crippen MR) is 127 cm³/mol. The highest BCUT2D eigenvalue weighted by Gasteiger charge is 2.40. The van der Waals surface area contributed by atoms with Gasteiger partial charge in [0.15, 0.2) is 0 Å². The number of benzene rings is 1. The van der Waals surface area contributed by atoms with Gasteiger partial charge in [-0.2, -0.15) is 0 Å². The van der Waals surface area contributed by atoms with Crippen LogP contribution >= 0.6 is 11.6 Å². The van der Waals surface area contributed by atoms with Crippen LogP contribution in [0.25, 0.3) is 11.8 Å². The predicted octanol–water partition coefficient (Wildman–Crippen LogP) is 5.75. The third kappa shape index (κ3) is 3.90. The molecule has 32 heavy (non-hydrogen) atoms. The van der Waals surface area contributed by atoms with Gasteiger partial charge in [0.25, 0.3) is 5.91 Å². The molecule has 6 heteroatoms. The van der Waals surface area contributed by atoms with E-state index in [1.54, 1.807) is 0 Å². The number of hydrogen-bond acceptors (Lipinski definition) is 3. The minimum absolute atomic E-state index is 0.109. The highest BCUT2D eigenvalue weighted by Crippen LogP contribution is 2.37. The van der Waals surface area contributed by atoms with Gasteiger partial charge in [-0.05, 0) is 69.5 Å². The van der Waals surface area contributed by atoms with E-state index < -0.39 is 5.97 Å². The molecule has 1 fully saturated rings. The number of allylic oxidation sites excluding steroid dienone is 1. The highest BCUT2D eigenvalue weighted by atomic mass is 35.5. The Labute approximate surface area is 194 Å². The maximum absolute atomic E-state index is 13.6. The number of carbonyl (C=O) groups excluding carboxylic acids is 2. The first-order valence-electron chi connectivity index (χ1n) is 11.1. The molecule has 2 aliphatic rings. The van der Waals surface area contributed by atoms with Gasteiger partial charge in [-0.1, -0.05) is 36.9 Å². The van der Waals surface area contributed by atoms with Gasteiger partial charge in [0.2, 0.25) is 0 Å². The molecule has 5 nitrogen and oxygen atoms in total. The van der Waals surface area contributed by atoms with Crippen molar-refractivity contribution in [1.29, 1.82) is 0 Å². The first-order chi connectivity index (χ1) is 15.3. The Kier molecular flexibility index (Phi) is 6.29. The van der Waals surface area contributed by atoms with Crippen molar-refractivity contribution in [3.63, 3.8) is 0 Å². The Hall–Kier alpha value is -2.79. The molecular formula is C26H29ClN2O3. The molecule has 1 aliphatic heterocycles. The van der Waals surface area contributed by atoms with Gasteiger partial charge in [0, 0.05) is 33.8 Å². The van der Waals surface area contributed by atoms with Crippen molar-refractivity contribution in [2.45, 2.75) is 58.9 Å². The summed E-state index contributed by atoms with van der Waals surface area (Å²) in [5.74, 6) is -0.577. The minimum atomic E-state index is -0.468. The monoisotopic (exact) mass is 452 g/mol. The summed E-state index contributed by atoms with van der Waals surface area (Å²) in [4.78, 5) is 28.1. The van der Waals surface area contributed by atoms with Crippen LogP contribution in [0.4, 0.5) is 0 Å². The molecule has 2 aromatic rings. The molecule has 0 N–H and O–H groups in total. The van der Waals surface area contributed by atoms with Crippen LogP contribution in [0.15, 0.2) is 47.2 Å². The SMILES string of the molecule is COC(=O)C1=C(C)N(C2CCCCC2)C(=O)/C1=C\c1cc(C)n(-c2cccc(Cl)c2)c1C. The van der Waals surface area contributed by atoms with Gasteiger partial charge < -0.3 is 14.2 Å². The van der Waals surface area contributed by atoms with Crippen LogP contribution in [0.1, 0.15) is 56.0 Å². The average molecular weight is 453 g/mol. The molecule has 168 valence electrons. The molecule has 2 heterocycles. The van der Waals surface area contributed by atoms with Crippen LogP contribution in [0, 0.1) is 13.8 Å². The van der Waals surface area contributed by atoms with Crippen molar-refractivity contribution in [3.05, 3.63) is 69.1 Å². The molecule has 4 rings (SSSR count). The lowest BCUT2D eigenvalue weighted by atomic mass is 9.94. The first-order valence-corrected chi connectivity index (χ1v) is 11.5. The van der Waals surface area contributed by atoms with Crippen LogP contribution in [-0.2, 0) is 14.3 Å². The van der Waals surface area contributed by atoms with Crippen molar-refractivity contribution in [3.8, 4) is 5.69 Å². The third-order valence-corrected chi connectivity index (χ3v) is 6.84. The number of halogens is 1. The molecule has 1 amide bonds. The number of hydrogen-bond donors (Lipinski definition) is 0. The van der Waals surface area contributed by atoms with Crippen molar-refractivity contribution >= 4 is 29.6 Å². The molecule has 0 radical (unpaired) electrons. The first kappa shape index (κ1) is 22.4. The largest absolute Gasteiger partial charge is 0.465 e. The van der Waals surface area contributed by atoms with Crippen LogP contribution in [-0.4, -0.2) is 34.5 Å². The smallest absolute Gasteiger partial charge is 0.340 e. The van der Waals surface area contributed by atoms with Crippen molar-refractivity contribution in [2.75, 3.05) is 7.11 Å². The number of ether oxygens (including phenoxy) is 1. The topological polar surface area (TPSA) is 51.5 Å². The third-order valence-electron chi connectivity index (χ3n) is 6.61. The lowest BCUT2D eigenvalue weighted by Crippen LogP contribution is -2.37. The number of amides is 1. The molecule has 0 saturated heterocycles. The minimum Gasteiger partial charge on any atom is -0.465 e. The fourth-order valence-corrected chi connectivity index (χ4v) is 5.26. The number of aromatic nitrogens is 1. The lowest BCUT2D eigenvalue weighted by Gasteiger charge is -2.32. The summed E-state index contributed by atoms with van der Waals surface area (Å²) >= 11 is 6.21. The summed E-state index contributed by atoms with van der Waals surface area (Å²) in [6.45, 7) is 5.88. The van der Waals surface area contributed by atoms with E-state index in [0.29, 0.717) is 21.9 Å². The molecule has 0 atom stereocenters. The van der Waals surface area contributed by atoms with Gasteiger partial charge in [0.1, 0.15) is 0 Å². The summed E-state index contributed by atoms with van der Waals surface area (Å²) in [5.41, 5.74) is 5.32. The zero-order chi connectivity index (χ0) is 23.0. The number of nitrogens with zero attached hydrogens (tertiary/aromatic N) is 2. The Bertz CT molecular complexity index is 1140. The van der Waals surface area contributed by atoms with Gasteiger partial charge in [-0.25, -0.2) is 4.79 Å². The van der Waals surface area contributed by atoms with Crippen molar-refractivity contribution < 1.29 is 14.3 Å². The van der Waals surface area contributed by atoms with E-state index in [-0.39, 0.29) is 11.9 Å². The van der Waals surface area contributed by atoms with E-state index >= 15 is 0 Å². The van der Waals surface area contributed by atoms with Crippen LogP contribution in [0.5, 0.6) is 0 Å². The summed E-state index contributed by atoms with van der Waals surface area (Å²) in [5, 5.41) is 0.663. The fourth-order valence-electron chi connectivity index (χ4n) is 5.08. The Morgan fingerprint density at radius 3 is 2.50 bits per heavy atom. The van der Waals surface area contributed by atoms with E-state index in [2.05, 4.69) is 4.57 Å². The van der Waals surface area contributed by atoms with E-state index in [9.17, 15) is 9.59 Å². The number of carbonyl (C=O) groups is 2. The normalized spacial score (nSPS) is 18.7. The second kappa shape index (κ2) is 8.99. The molecule has 1 aromatic heterocycles. The molecule has 1 saturated carbocycles. The summed E-state index contributed by atoms with van der Waals surface area (Å²) < 4.78 is 7.16. The Morgan fingerprint density at radius 1 is 1.12 bits per heavy atom. The number of esters is 1. The molecule has 0 unspecified atom stereocenters. The summed E-state index contributed by atoms with van der Waals surface area (Å²) in [6.07, 6.45) is 7.18. The van der Waals surface area contributed by atoms with Crippen molar-refractivity contribution in [1.82, 2.24) is 9.47 Å². The number of aryl methyl sites for hydroxylation is 1. The fraction of sp³-hybridized carbons (Fsp3) is 0.385. The van der Waals surface area contributed by atoms with Crippen molar-refractivity contribution in [2.24, 2.45) is 0 Å². The van der Waals surface area contributed by atoms with Gasteiger partial charge in [0.05, 0.1) is 18.3 Å². The number of methoxy groups -OCH3 is 1. The van der Waals surface area contributed by atoms with E-state index in [4.69, 9.17) is 16.3 Å². The Morgan fingerprint density at radius 2 is 1.84 bits per heavy atom. The zero-order valence-corrected chi connectivity index (χ0v) is 19.8. The molecular weight excluding hydrogens is 424 g/mol. The van der Waals surface area contributed by atoms with Gasteiger partial charge in [-0.15, -0.1) is 0 Å². The number of rotatable bonds is 4. The van der Waals surface area contributed by atoms with E-state index in [1.807, 2.05) is 62.1 Å². The van der Waals surface area contributed by atoms with Gasteiger partial charge in [-0.3, -0.25) is 4.79 Å². The maximum atomic E-state index is 13.6. The lowest BCUT2D eigenvalue weighted by molar-refractivity contribution is -0.136. The standard InChI is InChI=1S/C26H29ClN2O3/c1-16-13-19(17(2)28(16)22-12-8-9-20(27)15-22)14-23-24(26(31)32-4)18(3)29(25(23)30)21-10-6-5-7-11-21/h8-9,12-15,21H,5-7,10-11H2,1-4H3/b23-14-. The van der Waals surface area contributed by atoms with E-state index in [0.717, 1.165) is 48.3 Å². The highest BCUT2D eigenvalue weighted by molar-refractivity contribution is 6.30. The van der Waals surface area contributed by atoms with Crippen LogP contribution < -0.4 is 0 Å². The molecule has 1 aliphatic carbocycles. The van der Waals surface area contributed by atoms with E-state index in [1.165, 1.54) is 13.5 Å². The Balaban J connectivity index is 1.79. The molecule has 1 aromatic carbocycles. The molecule has 0 spiro atoms.